The van der Waals surface area contributed by atoms with Crippen molar-refractivity contribution in [1.29, 1.82) is 0 Å². The second kappa shape index (κ2) is 3.97. The van der Waals surface area contributed by atoms with Gasteiger partial charge in [-0.25, -0.2) is 0 Å². The second-order valence-electron chi connectivity index (χ2n) is 5.30. The highest BCUT2D eigenvalue weighted by Gasteiger charge is 2.33. The zero-order chi connectivity index (χ0) is 10.1. The lowest BCUT2D eigenvalue weighted by molar-refractivity contribution is 0.0601. The van der Waals surface area contributed by atoms with Gasteiger partial charge in [0.2, 0.25) is 0 Å². The Morgan fingerprint density at radius 1 is 1.46 bits per heavy atom. The molecule has 0 bridgehead atoms. The summed E-state index contributed by atoms with van der Waals surface area (Å²) in [4.78, 5) is 2.34. The van der Waals surface area contributed by atoms with Crippen LogP contribution < -0.4 is 0 Å². The Bertz CT molecular complexity index is 162. The molecule has 0 heterocycles. The van der Waals surface area contributed by atoms with Crippen molar-refractivity contribution in [2.24, 2.45) is 11.8 Å². The lowest BCUT2D eigenvalue weighted by Crippen LogP contribution is -2.29. The summed E-state index contributed by atoms with van der Waals surface area (Å²) in [6.07, 6.45) is 2.26. The molecule has 0 radical (unpaired) electrons. The molecule has 1 rings (SSSR count). The predicted octanol–water partition coefficient (Wildman–Crippen LogP) is 1.74. The summed E-state index contributed by atoms with van der Waals surface area (Å²) in [5.41, 5.74) is -0.510. The summed E-state index contributed by atoms with van der Waals surface area (Å²) in [6, 6.07) is 0. The number of nitrogens with zero attached hydrogens (tertiary/aromatic N) is 1. The number of rotatable bonds is 5. The average molecular weight is 185 g/mol. The topological polar surface area (TPSA) is 23.5 Å². The second-order valence-corrected chi connectivity index (χ2v) is 5.30. The van der Waals surface area contributed by atoms with Crippen LogP contribution in [0, 0.1) is 11.8 Å². The molecule has 78 valence electrons. The fourth-order valence-electron chi connectivity index (χ4n) is 1.61. The zero-order valence-corrected chi connectivity index (χ0v) is 9.38. The third-order valence-electron chi connectivity index (χ3n) is 2.93. The molecule has 2 unspecified atom stereocenters. The molecule has 2 nitrogen and oxygen atoms in total. The zero-order valence-electron chi connectivity index (χ0n) is 9.38. The quantitative estimate of drug-likeness (QED) is 0.705. The summed E-state index contributed by atoms with van der Waals surface area (Å²) in [5, 5.41) is 9.54. The van der Waals surface area contributed by atoms with Crippen molar-refractivity contribution >= 4 is 0 Å². The first-order chi connectivity index (χ1) is 5.88. The van der Waals surface area contributed by atoms with E-state index in [0.717, 1.165) is 24.8 Å². The SMILES string of the molecule is CC1CC1CN(C)CCC(C)(C)O. The molecular formula is C11H23NO. The number of hydrogen-bond donors (Lipinski definition) is 1. The molecule has 0 aliphatic heterocycles. The largest absolute Gasteiger partial charge is 0.390 e. The third-order valence-corrected chi connectivity index (χ3v) is 2.93. The van der Waals surface area contributed by atoms with Gasteiger partial charge in [-0.3, -0.25) is 0 Å². The summed E-state index contributed by atoms with van der Waals surface area (Å²) >= 11 is 0. The van der Waals surface area contributed by atoms with E-state index in [9.17, 15) is 5.11 Å². The molecular weight excluding hydrogens is 162 g/mol. The van der Waals surface area contributed by atoms with Gasteiger partial charge >= 0.3 is 0 Å². The fraction of sp³-hybridized carbons (Fsp3) is 1.00. The monoisotopic (exact) mass is 185 g/mol. The Morgan fingerprint density at radius 3 is 2.38 bits per heavy atom. The van der Waals surface area contributed by atoms with Crippen molar-refractivity contribution in [2.45, 2.75) is 39.2 Å². The van der Waals surface area contributed by atoms with Crippen LogP contribution in [0.3, 0.4) is 0 Å². The van der Waals surface area contributed by atoms with E-state index < -0.39 is 5.60 Å². The van der Waals surface area contributed by atoms with Crippen LogP contribution in [0.25, 0.3) is 0 Å². The van der Waals surface area contributed by atoms with Crippen molar-refractivity contribution in [3.8, 4) is 0 Å². The van der Waals surface area contributed by atoms with Crippen molar-refractivity contribution < 1.29 is 5.11 Å². The van der Waals surface area contributed by atoms with Gasteiger partial charge in [0.15, 0.2) is 0 Å². The van der Waals surface area contributed by atoms with Gasteiger partial charge in [-0.2, -0.15) is 0 Å². The molecule has 0 aromatic heterocycles. The smallest absolute Gasteiger partial charge is 0.0603 e. The average Bonchev–Trinajstić information content (AvgIpc) is 2.61. The highest BCUT2D eigenvalue weighted by atomic mass is 16.3. The van der Waals surface area contributed by atoms with E-state index in [4.69, 9.17) is 0 Å². The van der Waals surface area contributed by atoms with E-state index in [-0.39, 0.29) is 0 Å². The summed E-state index contributed by atoms with van der Waals surface area (Å²) in [6.45, 7) is 8.28. The maximum Gasteiger partial charge on any atom is 0.0603 e. The van der Waals surface area contributed by atoms with Gasteiger partial charge in [0.1, 0.15) is 0 Å². The van der Waals surface area contributed by atoms with Crippen LogP contribution in [0.1, 0.15) is 33.6 Å². The van der Waals surface area contributed by atoms with E-state index in [2.05, 4.69) is 18.9 Å². The predicted molar refractivity (Wildman–Crippen MR) is 55.7 cm³/mol. The Balaban J connectivity index is 2.07. The van der Waals surface area contributed by atoms with Gasteiger partial charge in [0, 0.05) is 13.1 Å². The Labute approximate surface area is 81.9 Å². The van der Waals surface area contributed by atoms with Gasteiger partial charge in [-0.1, -0.05) is 6.92 Å². The van der Waals surface area contributed by atoms with E-state index in [1.165, 1.54) is 13.0 Å². The van der Waals surface area contributed by atoms with Gasteiger partial charge in [0.25, 0.3) is 0 Å². The van der Waals surface area contributed by atoms with Crippen molar-refractivity contribution in [1.82, 2.24) is 4.90 Å². The van der Waals surface area contributed by atoms with Crippen LogP contribution in [0.4, 0.5) is 0 Å². The fourth-order valence-corrected chi connectivity index (χ4v) is 1.61. The molecule has 1 fully saturated rings. The molecule has 0 saturated heterocycles. The maximum atomic E-state index is 9.54. The molecule has 1 saturated carbocycles. The molecule has 0 spiro atoms. The minimum absolute atomic E-state index is 0.510. The summed E-state index contributed by atoms with van der Waals surface area (Å²) < 4.78 is 0. The minimum Gasteiger partial charge on any atom is -0.390 e. The van der Waals surface area contributed by atoms with Gasteiger partial charge < -0.3 is 10.0 Å². The number of hydrogen-bond acceptors (Lipinski definition) is 2. The molecule has 1 aliphatic rings. The van der Waals surface area contributed by atoms with Crippen LogP contribution in [0.15, 0.2) is 0 Å². The summed E-state index contributed by atoms with van der Waals surface area (Å²) in [5.74, 6) is 1.86. The van der Waals surface area contributed by atoms with Gasteiger partial charge in [0.05, 0.1) is 5.60 Å². The van der Waals surface area contributed by atoms with Gasteiger partial charge in [-0.15, -0.1) is 0 Å². The van der Waals surface area contributed by atoms with Crippen molar-refractivity contribution in [2.75, 3.05) is 20.1 Å². The van der Waals surface area contributed by atoms with Crippen LogP contribution in [0.5, 0.6) is 0 Å². The van der Waals surface area contributed by atoms with Crippen LogP contribution >= 0.6 is 0 Å². The molecule has 1 aliphatic carbocycles. The summed E-state index contributed by atoms with van der Waals surface area (Å²) in [7, 11) is 2.15. The third kappa shape index (κ3) is 4.63. The van der Waals surface area contributed by atoms with E-state index in [1.807, 2.05) is 13.8 Å². The maximum absolute atomic E-state index is 9.54. The van der Waals surface area contributed by atoms with Gasteiger partial charge in [-0.05, 0) is 45.6 Å². The first kappa shape index (κ1) is 11.0. The molecule has 0 aromatic rings. The van der Waals surface area contributed by atoms with Crippen LogP contribution in [-0.4, -0.2) is 35.7 Å². The Hall–Kier alpha value is -0.0800. The molecule has 2 atom stereocenters. The standard InChI is InChI=1S/C11H23NO/c1-9-7-10(9)8-12(4)6-5-11(2,3)13/h9-10,13H,5-8H2,1-4H3. The molecule has 13 heavy (non-hydrogen) atoms. The highest BCUT2D eigenvalue weighted by Crippen LogP contribution is 2.37. The van der Waals surface area contributed by atoms with Crippen LogP contribution in [0.2, 0.25) is 0 Å². The normalized spacial score (nSPS) is 28.2. The first-order valence-electron chi connectivity index (χ1n) is 5.29. The van der Waals surface area contributed by atoms with E-state index >= 15 is 0 Å². The first-order valence-corrected chi connectivity index (χ1v) is 5.29. The molecule has 1 N–H and O–H groups in total. The minimum atomic E-state index is -0.510. The van der Waals surface area contributed by atoms with E-state index in [0.29, 0.717) is 0 Å². The Morgan fingerprint density at radius 2 is 2.00 bits per heavy atom. The van der Waals surface area contributed by atoms with Crippen molar-refractivity contribution in [3.05, 3.63) is 0 Å². The molecule has 0 aromatic carbocycles. The lowest BCUT2D eigenvalue weighted by atomic mass is 10.1. The van der Waals surface area contributed by atoms with Crippen molar-refractivity contribution in [3.63, 3.8) is 0 Å². The number of aliphatic hydroxyl groups is 1. The molecule has 2 heteroatoms. The highest BCUT2D eigenvalue weighted by molar-refractivity contribution is 4.84. The van der Waals surface area contributed by atoms with E-state index in [1.54, 1.807) is 0 Å². The molecule has 0 amide bonds. The van der Waals surface area contributed by atoms with Crippen LogP contribution in [-0.2, 0) is 0 Å². The Kier molecular flexibility index (Phi) is 3.36. The lowest BCUT2D eigenvalue weighted by Gasteiger charge is -2.22.